The van der Waals surface area contributed by atoms with Crippen LogP contribution in [0.15, 0.2) is 36.5 Å². The molecular weight excluding hydrogens is 300 g/mol. The van der Waals surface area contributed by atoms with E-state index in [1.54, 1.807) is 6.92 Å². The van der Waals surface area contributed by atoms with E-state index in [0.29, 0.717) is 11.4 Å². The van der Waals surface area contributed by atoms with E-state index in [9.17, 15) is 13.6 Å². The lowest BCUT2D eigenvalue weighted by Gasteiger charge is -2.08. The monoisotopic (exact) mass is 315 g/mol. The topological polar surface area (TPSA) is 46.4 Å². The van der Waals surface area contributed by atoms with Crippen molar-refractivity contribution in [2.24, 2.45) is 0 Å². The number of anilines is 1. The molecule has 0 saturated carbocycles. The zero-order valence-electron chi connectivity index (χ0n) is 12.7. The summed E-state index contributed by atoms with van der Waals surface area (Å²) < 4.78 is 29.0. The molecular formula is C17H15F2N3O. The number of carbonyl (C=O) groups excluding carboxylic acids is 1. The molecule has 4 nitrogen and oxygen atoms in total. The summed E-state index contributed by atoms with van der Waals surface area (Å²) in [7, 11) is 0. The van der Waals surface area contributed by atoms with Gasteiger partial charge in [-0.05, 0) is 37.6 Å². The number of para-hydroxylation sites is 1. The predicted molar refractivity (Wildman–Crippen MR) is 83.4 cm³/mol. The van der Waals surface area contributed by atoms with Crippen LogP contribution < -0.4 is 5.32 Å². The second-order valence-electron chi connectivity index (χ2n) is 5.35. The fraction of sp³-hybridized carbons (Fsp3) is 0.176. The summed E-state index contributed by atoms with van der Waals surface area (Å²) in [6.45, 7) is 3.74. The minimum absolute atomic E-state index is 0.0236. The fourth-order valence-electron chi connectivity index (χ4n) is 2.53. The molecule has 0 unspecified atom stereocenters. The number of pyridine rings is 1. The fourth-order valence-corrected chi connectivity index (χ4v) is 2.53. The Balaban J connectivity index is 1.89. The lowest BCUT2D eigenvalue weighted by molar-refractivity contribution is -0.115. The predicted octanol–water partition coefficient (Wildman–Crippen LogP) is 3.41. The second-order valence-corrected chi connectivity index (χ2v) is 5.35. The maximum atomic E-state index is 13.6. The van der Waals surface area contributed by atoms with Gasteiger partial charge in [0.15, 0.2) is 0 Å². The van der Waals surface area contributed by atoms with Gasteiger partial charge >= 0.3 is 0 Å². The number of carbonyl (C=O) groups is 1. The first-order chi connectivity index (χ1) is 11.0. The summed E-state index contributed by atoms with van der Waals surface area (Å²) >= 11 is 0. The van der Waals surface area contributed by atoms with Crippen LogP contribution in [0.5, 0.6) is 0 Å². The number of nitrogens with zero attached hydrogens (tertiary/aromatic N) is 2. The zero-order valence-corrected chi connectivity index (χ0v) is 12.7. The van der Waals surface area contributed by atoms with Crippen molar-refractivity contribution in [3.8, 4) is 0 Å². The molecule has 0 radical (unpaired) electrons. The molecule has 1 aromatic carbocycles. The molecule has 0 aliphatic carbocycles. The Kier molecular flexibility index (Phi) is 3.82. The van der Waals surface area contributed by atoms with Gasteiger partial charge in [0.05, 0.1) is 17.8 Å². The van der Waals surface area contributed by atoms with Gasteiger partial charge in [-0.1, -0.05) is 12.1 Å². The van der Waals surface area contributed by atoms with Gasteiger partial charge in [-0.25, -0.2) is 13.8 Å². The van der Waals surface area contributed by atoms with Gasteiger partial charge in [-0.15, -0.1) is 0 Å². The molecule has 0 bridgehead atoms. The lowest BCUT2D eigenvalue weighted by Crippen LogP contribution is -2.18. The van der Waals surface area contributed by atoms with Crippen LogP contribution in [0.1, 0.15) is 17.0 Å². The average Bonchev–Trinajstić information content (AvgIpc) is 2.81. The van der Waals surface area contributed by atoms with Crippen LogP contribution in [0.2, 0.25) is 0 Å². The first-order valence-electron chi connectivity index (χ1n) is 7.14. The van der Waals surface area contributed by atoms with Crippen LogP contribution in [-0.2, 0) is 11.2 Å². The quantitative estimate of drug-likeness (QED) is 0.805. The van der Waals surface area contributed by atoms with Crippen LogP contribution in [0.3, 0.4) is 0 Å². The number of hydrogen-bond acceptors (Lipinski definition) is 2. The lowest BCUT2D eigenvalue weighted by atomic mass is 10.2. The number of amides is 1. The summed E-state index contributed by atoms with van der Waals surface area (Å²) in [5.74, 6) is -2.10. The van der Waals surface area contributed by atoms with Crippen molar-refractivity contribution >= 4 is 17.2 Å². The Bertz CT molecular complexity index is 882. The Morgan fingerprint density at radius 2 is 1.87 bits per heavy atom. The van der Waals surface area contributed by atoms with Crippen molar-refractivity contribution in [2.75, 3.05) is 5.32 Å². The number of imidazole rings is 1. The van der Waals surface area contributed by atoms with Gasteiger partial charge in [-0.3, -0.25) is 4.79 Å². The summed E-state index contributed by atoms with van der Waals surface area (Å²) in [5.41, 5.74) is 2.73. The van der Waals surface area contributed by atoms with Crippen molar-refractivity contribution in [2.45, 2.75) is 20.3 Å². The highest BCUT2D eigenvalue weighted by Gasteiger charge is 2.16. The molecule has 23 heavy (non-hydrogen) atoms. The van der Waals surface area contributed by atoms with E-state index in [2.05, 4.69) is 10.3 Å². The van der Waals surface area contributed by atoms with Crippen LogP contribution in [0.4, 0.5) is 14.5 Å². The van der Waals surface area contributed by atoms with E-state index in [-0.39, 0.29) is 6.42 Å². The zero-order chi connectivity index (χ0) is 16.6. The number of fused-ring (bicyclic) bond motifs is 1. The maximum Gasteiger partial charge on any atom is 0.230 e. The van der Waals surface area contributed by atoms with Crippen molar-refractivity contribution in [3.05, 3.63) is 65.1 Å². The van der Waals surface area contributed by atoms with Crippen LogP contribution in [0.25, 0.3) is 5.65 Å². The molecule has 2 aromatic heterocycles. The summed E-state index contributed by atoms with van der Waals surface area (Å²) in [4.78, 5) is 16.6. The molecule has 2 heterocycles. The summed E-state index contributed by atoms with van der Waals surface area (Å²) in [6, 6.07) is 7.24. The van der Waals surface area contributed by atoms with Crippen molar-refractivity contribution in [1.29, 1.82) is 0 Å². The van der Waals surface area contributed by atoms with E-state index < -0.39 is 23.2 Å². The molecule has 0 aliphatic rings. The molecule has 3 aromatic rings. The molecule has 1 amide bonds. The third-order valence-corrected chi connectivity index (χ3v) is 3.70. The first kappa shape index (κ1) is 15.1. The first-order valence-corrected chi connectivity index (χ1v) is 7.14. The summed E-state index contributed by atoms with van der Waals surface area (Å²) in [5, 5.41) is 2.29. The molecule has 0 aliphatic heterocycles. The minimum Gasteiger partial charge on any atom is -0.321 e. The number of aryl methyl sites for hydroxylation is 2. The highest BCUT2D eigenvalue weighted by atomic mass is 19.1. The van der Waals surface area contributed by atoms with E-state index in [4.69, 9.17) is 0 Å². The van der Waals surface area contributed by atoms with Gasteiger partial charge in [0, 0.05) is 6.20 Å². The van der Waals surface area contributed by atoms with Gasteiger partial charge in [0.2, 0.25) is 5.91 Å². The minimum atomic E-state index is -0.802. The standard InChI is InChI=1S/C17H15F2N3O/c1-10-5-4-8-22-14(11(2)20-17(10)22)9-15(23)21-16-12(18)6-3-7-13(16)19/h3-8H,9H2,1-2H3,(H,21,23). The van der Waals surface area contributed by atoms with E-state index in [0.717, 1.165) is 23.3 Å². The number of aromatic nitrogens is 2. The Morgan fingerprint density at radius 1 is 1.17 bits per heavy atom. The van der Waals surface area contributed by atoms with E-state index in [1.807, 2.05) is 29.7 Å². The van der Waals surface area contributed by atoms with Crippen LogP contribution in [-0.4, -0.2) is 15.3 Å². The van der Waals surface area contributed by atoms with Gasteiger partial charge in [-0.2, -0.15) is 0 Å². The number of halogens is 2. The average molecular weight is 315 g/mol. The number of benzene rings is 1. The smallest absolute Gasteiger partial charge is 0.230 e. The largest absolute Gasteiger partial charge is 0.321 e. The third-order valence-electron chi connectivity index (χ3n) is 3.70. The molecule has 0 fully saturated rings. The Hall–Kier alpha value is -2.76. The van der Waals surface area contributed by atoms with Gasteiger partial charge in [0.1, 0.15) is 23.0 Å². The molecule has 6 heteroatoms. The van der Waals surface area contributed by atoms with Crippen LogP contribution >= 0.6 is 0 Å². The van der Waals surface area contributed by atoms with Crippen molar-refractivity contribution < 1.29 is 13.6 Å². The maximum absolute atomic E-state index is 13.6. The van der Waals surface area contributed by atoms with Crippen LogP contribution in [0, 0.1) is 25.5 Å². The number of rotatable bonds is 3. The van der Waals surface area contributed by atoms with Crippen molar-refractivity contribution in [3.63, 3.8) is 0 Å². The molecule has 0 saturated heterocycles. The van der Waals surface area contributed by atoms with Crippen molar-refractivity contribution in [1.82, 2.24) is 9.38 Å². The Morgan fingerprint density at radius 3 is 2.57 bits per heavy atom. The van der Waals surface area contributed by atoms with Gasteiger partial charge in [0.25, 0.3) is 0 Å². The van der Waals surface area contributed by atoms with Gasteiger partial charge < -0.3 is 9.72 Å². The second kappa shape index (κ2) is 5.79. The highest BCUT2D eigenvalue weighted by Crippen LogP contribution is 2.20. The van der Waals surface area contributed by atoms with E-state index >= 15 is 0 Å². The normalized spacial score (nSPS) is 11.0. The SMILES string of the molecule is Cc1nc2c(C)cccn2c1CC(=O)Nc1c(F)cccc1F. The molecule has 0 spiro atoms. The molecule has 118 valence electrons. The third kappa shape index (κ3) is 2.79. The number of nitrogens with one attached hydrogen (secondary N) is 1. The summed E-state index contributed by atoms with van der Waals surface area (Å²) in [6.07, 6.45) is 1.79. The molecule has 1 N–H and O–H groups in total. The Labute approximate surface area is 131 Å². The van der Waals surface area contributed by atoms with E-state index in [1.165, 1.54) is 6.07 Å². The molecule has 0 atom stereocenters. The highest BCUT2D eigenvalue weighted by molar-refractivity contribution is 5.92. The molecule has 3 rings (SSSR count). The number of hydrogen-bond donors (Lipinski definition) is 1.